The molecule has 0 aromatic heterocycles. The first-order chi connectivity index (χ1) is 10.5. The Kier molecular flexibility index (Phi) is 14.7. The van der Waals surface area contributed by atoms with E-state index < -0.39 is 0 Å². The Bertz CT molecular complexity index is 603. The van der Waals surface area contributed by atoms with Crippen LogP contribution in [0.15, 0.2) is 34.9 Å². The SMILES string of the molecule is CC(C)c1cccc(C(C)C)c1O.CC1=[C-]C(C)(C)C(C)=C1C.Cl.Cl.[Zr]. The fourth-order valence-electron chi connectivity index (χ4n) is 2.92. The maximum atomic E-state index is 9.93. The molecule has 1 N–H and O–H groups in total. The van der Waals surface area contributed by atoms with Crippen molar-refractivity contribution < 1.29 is 31.3 Å². The van der Waals surface area contributed by atoms with Gasteiger partial charge in [-0.05, 0) is 23.0 Å². The average molecular weight is 478 g/mol. The third-order valence-corrected chi connectivity index (χ3v) is 4.90. The number of halogens is 2. The van der Waals surface area contributed by atoms with Gasteiger partial charge in [0.1, 0.15) is 5.75 Å². The Balaban J connectivity index is -0.000000374. The van der Waals surface area contributed by atoms with E-state index in [2.05, 4.69) is 68.4 Å². The van der Waals surface area contributed by atoms with Crippen molar-refractivity contribution in [2.75, 3.05) is 0 Å². The minimum absolute atomic E-state index is 0. The molecule has 26 heavy (non-hydrogen) atoms. The first kappa shape index (κ1) is 30.7. The van der Waals surface area contributed by atoms with Gasteiger partial charge in [-0.1, -0.05) is 79.0 Å². The number of allylic oxidation sites excluding steroid dienone is 4. The third-order valence-electron chi connectivity index (χ3n) is 4.90. The first-order valence-electron chi connectivity index (χ1n) is 8.60. The molecule has 0 fully saturated rings. The second-order valence-corrected chi connectivity index (χ2v) is 7.72. The minimum atomic E-state index is 0. The van der Waals surface area contributed by atoms with Gasteiger partial charge < -0.3 is 5.11 Å². The van der Waals surface area contributed by atoms with Crippen molar-refractivity contribution in [3.8, 4) is 5.75 Å². The molecule has 0 heterocycles. The smallest absolute Gasteiger partial charge is 0.122 e. The number of aromatic hydroxyl groups is 1. The third kappa shape index (κ3) is 7.53. The Morgan fingerprint density at radius 3 is 1.46 bits per heavy atom. The van der Waals surface area contributed by atoms with Crippen molar-refractivity contribution >= 4 is 24.8 Å². The second kappa shape index (κ2) is 12.4. The summed E-state index contributed by atoms with van der Waals surface area (Å²) in [6.07, 6.45) is 3.44. The molecule has 0 saturated carbocycles. The fourth-order valence-corrected chi connectivity index (χ4v) is 2.92. The molecule has 2 rings (SSSR count). The Morgan fingerprint density at radius 1 is 0.885 bits per heavy atom. The van der Waals surface area contributed by atoms with Crippen molar-refractivity contribution in [3.63, 3.8) is 0 Å². The molecule has 4 heteroatoms. The van der Waals surface area contributed by atoms with Crippen LogP contribution >= 0.6 is 24.8 Å². The average Bonchev–Trinajstić information content (AvgIpc) is 2.61. The van der Waals surface area contributed by atoms with Gasteiger partial charge in [0.15, 0.2) is 0 Å². The zero-order valence-corrected chi connectivity index (χ0v) is 21.7. The van der Waals surface area contributed by atoms with E-state index in [9.17, 15) is 5.11 Å². The number of phenolic OH excluding ortho intramolecular Hbond substituents is 1. The monoisotopic (exact) mass is 475 g/mol. The predicted octanol–water partition coefficient (Wildman–Crippen LogP) is 7.59. The van der Waals surface area contributed by atoms with Crippen LogP contribution in [0.25, 0.3) is 0 Å². The normalized spacial score (nSPS) is 14.7. The van der Waals surface area contributed by atoms with E-state index in [1.54, 1.807) is 0 Å². The molecule has 1 aromatic carbocycles. The molecule has 1 aliphatic carbocycles. The molecule has 1 nitrogen and oxygen atoms in total. The van der Waals surface area contributed by atoms with Gasteiger partial charge in [0.25, 0.3) is 0 Å². The zero-order chi connectivity index (χ0) is 17.9. The molecule has 0 spiro atoms. The molecule has 0 aliphatic heterocycles. The van der Waals surface area contributed by atoms with Crippen LogP contribution in [0.2, 0.25) is 0 Å². The van der Waals surface area contributed by atoms with Crippen LogP contribution in [0, 0.1) is 11.5 Å². The topological polar surface area (TPSA) is 20.2 Å². The standard InChI is InChI=1S/C12H18O.C10H15.2ClH.Zr/c1-8(2)10-6-5-7-11(9(3)4)12(10)13;1-7-6-10(4,5)9(3)8(7)2;;;/h5-9,13H,1-4H3;1-5H3;2*1H;/q;-1;;;. The summed E-state index contributed by atoms with van der Waals surface area (Å²) in [5, 5.41) is 9.93. The van der Waals surface area contributed by atoms with Crippen LogP contribution < -0.4 is 0 Å². The molecule has 0 atom stereocenters. The molecule has 148 valence electrons. The van der Waals surface area contributed by atoms with Crippen LogP contribution in [-0.2, 0) is 26.2 Å². The van der Waals surface area contributed by atoms with Gasteiger partial charge in [-0.3, -0.25) is 6.08 Å². The van der Waals surface area contributed by atoms with Crippen LogP contribution in [0.5, 0.6) is 5.75 Å². The van der Waals surface area contributed by atoms with Crippen molar-refractivity contribution in [2.24, 2.45) is 5.41 Å². The van der Waals surface area contributed by atoms with Gasteiger partial charge >= 0.3 is 0 Å². The van der Waals surface area contributed by atoms with Gasteiger partial charge in [0.05, 0.1) is 0 Å². The summed E-state index contributed by atoms with van der Waals surface area (Å²) >= 11 is 0. The van der Waals surface area contributed by atoms with Crippen molar-refractivity contribution in [2.45, 2.75) is 74.1 Å². The van der Waals surface area contributed by atoms with Gasteiger partial charge in [-0.25, -0.2) is 5.57 Å². The van der Waals surface area contributed by atoms with E-state index in [1.165, 1.54) is 16.7 Å². The van der Waals surface area contributed by atoms with Crippen LogP contribution in [0.1, 0.15) is 85.3 Å². The Morgan fingerprint density at radius 2 is 1.27 bits per heavy atom. The van der Waals surface area contributed by atoms with E-state index in [-0.39, 0.29) is 56.4 Å². The number of para-hydroxylation sites is 1. The van der Waals surface area contributed by atoms with Crippen molar-refractivity contribution in [1.29, 1.82) is 0 Å². The van der Waals surface area contributed by atoms with Crippen LogP contribution in [-0.4, -0.2) is 5.11 Å². The van der Waals surface area contributed by atoms with E-state index in [0.29, 0.717) is 17.6 Å². The Labute approximate surface area is 192 Å². The summed E-state index contributed by atoms with van der Waals surface area (Å²) in [5.74, 6) is 1.25. The largest absolute Gasteiger partial charge is 0.507 e. The molecule has 0 unspecified atom stereocenters. The predicted molar refractivity (Wildman–Crippen MR) is 115 cm³/mol. The number of hydrogen-bond acceptors (Lipinski definition) is 1. The summed E-state index contributed by atoms with van der Waals surface area (Å²) in [6, 6.07) is 6.00. The van der Waals surface area contributed by atoms with Gasteiger partial charge in [-0.15, -0.1) is 31.7 Å². The van der Waals surface area contributed by atoms with Crippen LogP contribution in [0.3, 0.4) is 0 Å². The van der Waals surface area contributed by atoms with E-state index in [1.807, 2.05) is 18.2 Å². The summed E-state index contributed by atoms with van der Waals surface area (Å²) < 4.78 is 0. The molecular formula is C22H35Cl2OZr-. The second-order valence-electron chi connectivity index (χ2n) is 7.72. The summed E-state index contributed by atoms with van der Waals surface area (Å²) in [6.45, 7) is 19.3. The number of hydrogen-bond donors (Lipinski definition) is 1. The molecule has 1 aromatic rings. The van der Waals surface area contributed by atoms with E-state index in [0.717, 1.165) is 11.1 Å². The van der Waals surface area contributed by atoms with E-state index in [4.69, 9.17) is 0 Å². The molecular weight excluding hydrogens is 442 g/mol. The zero-order valence-electron chi connectivity index (χ0n) is 17.7. The van der Waals surface area contributed by atoms with Gasteiger partial charge in [-0.2, -0.15) is 11.1 Å². The quantitative estimate of drug-likeness (QED) is 0.435. The maximum Gasteiger partial charge on any atom is 0.122 e. The van der Waals surface area contributed by atoms with Crippen molar-refractivity contribution in [3.05, 3.63) is 52.1 Å². The van der Waals surface area contributed by atoms with Crippen LogP contribution in [0.4, 0.5) is 0 Å². The number of rotatable bonds is 2. The van der Waals surface area contributed by atoms with Crippen molar-refractivity contribution in [1.82, 2.24) is 0 Å². The fraction of sp³-hybridized carbons (Fsp3) is 0.545. The molecule has 0 amide bonds. The van der Waals surface area contributed by atoms with Gasteiger partial charge in [0.2, 0.25) is 0 Å². The maximum absolute atomic E-state index is 9.93. The summed E-state index contributed by atoms with van der Waals surface area (Å²) in [5.41, 5.74) is 6.49. The molecule has 0 bridgehead atoms. The van der Waals surface area contributed by atoms with Gasteiger partial charge in [0, 0.05) is 26.2 Å². The van der Waals surface area contributed by atoms with E-state index >= 15 is 0 Å². The number of benzene rings is 1. The Hall–Kier alpha value is -0.0369. The minimum Gasteiger partial charge on any atom is -0.507 e. The first-order valence-corrected chi connectivity index (χ1v) is 8.60. The molecule has 1 aliphatic rings. The molecule has 0 radical (unpaired) electrons. The molecule has 0 saturated heterocycles. The summed E-state index contributed by atoms with van der Waals surface area (Å²) in [4.78, 5) is 0. The number of phenols is 1. The summed E-state index contributed by atoms with van der Waals surface area (Å²) in [7, 11) is 0.